The molecule has 0 unspecified atom stereocenters. The SMILES string of the molecule is ClI.[Ag+].[Ag+].[Cl-]. The second-order valence-corrected chi connectivity index (χ2v) is 0. The molecule has 0 amide bonds. The third kappa shape index (κ3) is 20.0. The minimum absolute atomic E-state index is 0. The van der Waals surface area contributed by atoms with Crippen LogP contribution in [0.2, 0.25) is 0 Å². The standard InChI is InChI=1S/2Ag.ClI.ClH/c;;1-2;/h;;;1H/q2*+1;;/p-1. The summed E-state index contributed by atoms with van der Waals surface area (Å²) in [7, 11) is 4.61. The molecular weight excluding hydrogens is 414 g/mol. The Morgan fingerprint density at radius 1 is 1.00 bits per heavy atom. The van der Waals surface area contributed by atoms with E-state index in [9.17, 15) is 0 Å². The summed E-state index contributed by atoms with van der Waals surface area (Å²) in [5.74, 6) is 0. The molecule has 0 saturated heterocycles. The van der Waals surface area contributed by atoms with Gasteiger partial charge in [-0.05, 0) is 8.91 Å². The van der Waals surface area contributed by atoms with Gasteiger partial charge < -0.3 is 12.4 Å². The number of rotatable bonds is 0. The van der Waals surface area contributed by atoms with Crippen molar-refractivity contribution in [3.05, 3.63) is 0 Å². The summed E-state index contributed by atoms with van der Waals surface area (Å²) in [5, 5.41) is 0. The molecule has 0 aliphatic carbocycles. The number of halogens is 3. The Bertz CT molecular complexity index is 7.61. The van der Waals surface area contributed by atoms with Crippen molar-refractivity contribution in [3.8, 4) is 0 Å². The Morgan fingerprint density at radius 2 is 1.00 bits per heavy atom. The van der Waals surface area contributed by atoms with Gasteiger partial charge in [0.15, 0.2) is 0 Å². The van der Waals surface area contributed by atoms with E-state index >= 15 is 0 Å². The van der Waals surface area contributed by atoms with E-state index in [0.717, 1.165) is 0 Å². The van der Waals surface area contributed by atoms with Gasteiger partial charge in [-0.3, -0.25) is 0 Å². The van der Waals surface area contributed by atoms with Gasteiger partial charge in [0.25, 0.3) is 0 Å². The van der Waals surface area contributed by atoms with Gasteiger partial charge in [0.05, 0.1) is 0 Å². The van der Waals surface area contributed by atoms with Crippen molar-refractivity contribution in [2.75, 3.05) is 0 Å². The van der Waals surface area contributed by atoms with Gasteiger partial charge in [0.2, 0.25) is 0 Å². The molecule has 0 fully saturated rings. The van der Waals surface area contributed by atoms with Crippen LogP contribution in [-0.2, 0) is 44.8 Å². The van der Waals surface area contributed by atoms with Crippen molar-refractivity contribution in [1.82, 2.24) is 0 Å². The molecule has 0 aromatic rings. The summed E-state index contributed by atoms with van der Waals surface area (Å²) in [6, 6.07) is 0. The summed E-state index contributed by atoms with van der Waals surface area (Å²) >= 11 is 1.62. The molecule has 0 nitrogen and oxygen atoms in total. The molecule has 0 aliphatic rings. The van der Waals surface area contributed by atoms with E-state index in [1.807, 2.05) is 0 Å². The Morgan fingerprint density at radius 3 is 1.00 bits per heavy atom. The molecule has 0 heterocycles. The van der Waals surface area contributed by atoms with Gasteiger partial charge in [0, 0.05) is 21.5 Å². The summed E-state index contributed by atoms with van der Waals surface area (Å²) in [6.45, 7) is 0. The first-order chi connectivity index (χ1) is 1.00. The van der Waals surface area contributed by atoms with Gasteiger partial charge in [-0.1, -0.05) is 0 Å². The fraction of sp³-hybridized carbons (Fsp3) is 0. The normalized spacial score (nSPS) is 1.20. The van der Waals surface area contributed by atoms with Crippen molar-refractivity contribution < 1.29 is 57.2 Å². The van der Waals surface area contributed by atoms with Gasteiger partial charge in [-0.2, -0.15) is 0 Å². The minimum Gasteiger partial charge on any atom is -1.00 e. The molecule has 0 N–H and O–H groups in total. The largest absolute Gasteiger partial charge is 1.00 e. The van der Waals surface area contributed by atoms with Crippen LogP contribution in [0.3, 0.4) is 0 Å². The molecule has 0 aliphatic heterocycles. The van der Waals surface area contributed by atoms with Crippen molar-refractivity contribution in [2.45, 2.75) is 0 Å². The second kappa shape index (κ2) is 29.2. The van der Waals surface area contributed by atoms with Crippen molar-refractivity contribution in [3.63, 3.8) is 0 Å². The number of hydrogen-bond acceptors (Lipinski definition) is 0. The van der Waals surface area contributed by atoms with Crippen LogP contribution in [0.1, 0.15) is 0 Å². The molecular formula is Ag2Cl2I+. The molecule has 5 heteroatoms. The summed E-state index contributed by atoms with van der Waals surface area (Å²) < 4.78 is 0. The van der Waals surface area contributed by atoms with Crippen molar-refractivity contribution in [2.24, 2.45) is 0 Å². The zero-order valence-corrected chi connectivity index (χ0v) is 8.37. The fourth-order valence-corrected chi connectivity index (χ4v) is 0. The third-order valence-corrected chi connectivity index (χ3v) is 0. The van der Waals surface area contributed by atoms with Crippen LogP contribution in [0.5, 0.6) is 0 Å². The zero-order chi connectivity index (χ0) is 2.00. The Hall–Kier alpha value is 2.79. The quantitative estimate of drug-likeness (QED) is 0.338. The van der Waals surface area contributed by atoms with Crippen LogP contribution in [0.15, 0.2) is 0 Å². The smallest absolute Gasteiger partial charge is 1.00 e. The monoisotopic (exact) mass is 411 g/mol. The topological polar surface area (TPSA) is 0 Å². The van der Waals surface area contributed by atoms with Crippen LogP contribution in [0.25, 0.3) is 0 Å². The zero-order valence-electron chi connectivity index (χ0n) is 1.74. The van der Waals surface area contributed by atoms with E-state index in [1.165, 1.54) is 0 Å². The Balaban J connectivity index is -0.00000000167. The fourth-order valence-electron chi connectivity index (χ4n) is 0. The van der Waals surface area contributed by atoms with Crippen LogP contribution in [0, 0.1) is 0 Å². The molecule has 0 bridgehead atoms. The van der Waals surface area contributed by atoms with E-state index < -0.39 is 0 Å². The van der Waals surface area contributed by atoms with Gasteiger partial charge in [-0.15, -0.1) is 0 Å². The average molecular weight is 414 g/mol. The van der Waals surface area contributed by atoms with Gasteiger partial charge in [0.1, 0.15) is 0 Å². The maximum atomic E-state index is 4.61. The number of hydrogen-bond donors (Lipinski definition) is 0. The van der Waals surface area contributed by atoms with E-state index in [0.29, 0.717) is 0 Å². The molecule has 0 aromatic carbocycles. The van der Waals surface area contributed by atoms with E-state index in [2.05, 4.69) is 8.91 Å². The minimum atomic E-state index is 0. The van der Waals surface area contributed by atoms with Crippen molar-refractivity contribution in [1.29, 1.82) is 0 Å². The molecule has 5 heavy (non-hydrogen) atoms. The van der Waals surface area contributed by atoms with Crippen LogP contribution in [-0.4, -0.2) is 0 Å². The van der Waals surface area contributed by atoms with E-state index in [4.69, 9.17) is 0 Å². The molecule has 0 atom stereocenters. The van der Waals surface area contributed by atoms with Crippen LogP contribution >= 0.6 is 30.4 Å². The molecule has 0 saturated carbocycles. The third-order valence-electron chi connectivity index (χ3n) is 0. The van der Waals surface area contributed by atoms with Crippen molar-refractivity contribution >= 4 is 30.4 Å². The Kier molecular flexibility index (Phi) is 146. The maximum Gasteiger partial charge on any atom is 1.00 e. The molecule has 0 radical (unpaired) electrons. The predicted octanol–water partition coefficient (Wildman–Crippen LogP) is -1.43. The van der Waals surface area contributed by atoms with Gasteiger partial charge >= 0.3 is 44.8 Å². The molecule has 42 valence electrons. The molecule has 0 rings (SSSR count). The summed E-state index contributed by atoms with van der Waals surface area (Å²) in [4.78, 5) is 0. The second-order valence-electron chi connectivity index (χ2n) is 0. The van der Waals surface area contributed by atoms with Crippen LogP contribution in [0.4, 0.5) is 0 Å². The molecule has 0 spiro atoms. The first-order valence-corrected chi connectivity index (χ1v) is 2.87. The van der Waals surface area contributed by atoms with E-state index in [-0.39, 0.29) is 57.2 Å². The van der Waals surface area contributed by atoms with E-state index in [1.54, 1.807) is 21.5 Å². The Labute approximate surface area is 86.1 Å². The first kappa shape index (κ1) is 25.0. The summed E-state index contributed by atoms with van der Waals surface area (Å²) in [5.41, 5.74) is 0. The predicted molar refractivity (Wildman–Crippen MR) is 19.9 cm³/mol. The maximum absolute atomic E-state index is 4.61. The first-order valence-electron chi connectivity index (χ1n) is 0.143. The van der Waals surface area contributed by atoms with Crippen LogP contribution < -0.4 is 12.4 Å². The molecule has 0 aromatic heterocycles. The van der Waals surface area contributed by atoms with Gasteiger partial charge in [-0.25, -0.2) is 0 Å². The summed E-state index contributed by atoms with van der Waals surface area (Å²) in [6.07, 6.45) is 0. The average Bonchev–Trinajstić information content (AvgIpc) is 1.00.